The van der Waals surface area contributed by atoms with Crippen LogP contribution >= 0.6 is 0 Å². The van der Waals surface area contributed by atoms with Crippen LogP contribution in [0.4, 0.5) is 0 Å². The number of unbranched alkanes of at least 4 members (excludes halogenated alkanes) is 2. The molecule has 0 amide bonds. The lowest BCUT2D eigenvalue weighted by Gasteiger charge is -2.17. The van der Waals surface area contributed by atoms with Crippen LogP contribution in [-0.2, 0) is 15.6 Å². The predicted molar refractivity (Wildman–Crippen MR) is 68.1 cm³/mol. The van der Waals surface area contributed by atoms with E-state index in [1.54, 1.807) is 0 Å². The van der Waals surface area contributed by atoms with Crippen LogP contribution in [-0.4, -0.2) is 26.8 Å². The highest BCUT2D eigenvalue weighted by Gasteiger charge is 2.09. The molecule has 0 aromatic rings. The monoisotopic (exact) mass is 248 g/mol. The van der Waals surface area contributed by atoms with Gasteiger partial charge < -0.3 is 5.11 Å². The summed E-state index contributed by atoms with van der Waals surface area (Å²) >= 11 is 0. The Hall–Kier alpha value is -0.380. The number of rotatable bonds is 8. The van der Waals surface area contributed by atoms with Crippen molar-refractivity contribution in [3.8, 4) is 0 Å². The van der Waals surface area contributed by atoms with Crippen molar-refractivity contribution in [2.24, 2.45) is 5.41 Å². The molecule has 0 saturated carbocycles. The highest BCUT2D eigenvalue weighted by atomic mass is 32.2. The first-order valence-corrected chi connectivity index (χ1v) is 7.37. The summed E-state index contributed by atoms with van der Waals surface area (Å²) in [6, 6.07) is 0. The van der Waals surface area contributed by atoms with E-state index >= 15 is 0 Å². The molecule has 96 valence electrons. The lowest BCUT2D eigenvalue weighted by molar-refractivity contribution is -0.136. The molecule has 1 atom stereocenters. The van der Waals surface area contributed by atoms with Crippen LogP contribution in [0.1, 0.15) is 52.9 Å². The van der Waals surface area contributed by atoms with Crippen LogP contribution in [0.15, 0.2) is 0 Å². The molecule has 0 bridgehead atoms. The molecule has 0 saturated heterocycles. The van der Waals surface area contributed by atoms with Gasteiger partial charge in [-0.1, -0.05) is 33.6 Å². The summed E-state index contributed by atoms with van der Waals surface area (Å²) in [5, 5.41) is 8.43. The third-order valence-corrected chi connectivity index (χ3v) is 3.75. The van der Waals surface area contributed by atoms with Gasteiger partial charge in [0.2, 0.25) is 0 Å². The van der Waals surface area contributed by atoms with E-state index in [4.69, 9.17) is 5.11 Å². The first-order chi connectivity index (χ1) is 7.31. The minimum Gasteiger partial charge on any atom is -0.481 e. The molecule has 1 N–H and O–H groups in total. The topological polar surface area (TPSA) is 54.4 Å². The van der Waals surface area contributed by atoms with Crippen molar-refractivity contribution in [3.63, 3.8) is 0 Å². The average Bonchev–Trinajstić information content (AvgIpc) is 2.12. The molecule has 0 spiro atoms. The summed E-state index contributed by atoms with van der Waals surface area (Å²) < 4.78 is 11.4. The molecule has 0 radical (unpaired) electrons. The van der Waals surface area contributed by atoms with Crippen molar-refractivity contribution in [1.82, 2.24) is 0 Å². The zero-order valence-corrected chi connectivity index (χ0v) is 11.4. The van der Waals surface area contributed by atoms with E-state index in [1.807, 2.05) is 0 Å². The minimum atomic E-state index is -0.946. The number of hydrogen-bond acceptors (Lipinski definition) is 2. The van der Waals surface area contributed by atoms with Gasteiger partial charge >= 0.3 is 5.97 Å². The molecule has 0 aliphatic heterocycles. The Kier molecular flexibility index (Phi) is 7.64. The molecule has 0 aromatic heterocycles. The third kappa shape index (κ3) is 11.7. The van der Waals surface area contributed by atoms with E-state index in [-0.39, 0.29) is 6.42 Å². The van der Waals surface area contributed by atoms with Crippen LogP contribution in [0, 0.1) is 5.41 Å². The van der Waals surface area contributed by atoms with E-state index < -0.39 is 16.8 Å². The average molecular weight is 248 g/mol. The van der Waals surface area contributed by atoms with Crippen molar-refractivity contribution in [2.75, 3.05) is 11.5 Å². The number of carboxylic acids is 1. The van der Waals surface area contributed by atoms with Crippen molar-refractivity contribution in [2.45, 2.75) is 52.9 Å². The van der Waals surface area contributed by atoms with E-state index in [0.717, 1.165) is 12.8 Å². The van der Waals surface area contributed by atoms with Crippen molar-refractivity contribution in [1.29, 1.82) is 0 Å². The standard InChI is InChI=1S/C12H24O3S/c1-12(2,3)8-5-4-6-9-16(15)10-7-11(13)14/h4-10H2,1-3H3,(H,13,14). The number of hydrogen-bond donors (Lipinski definition) is 1. The zero-order chi connectivity index (χ0) is 12.6. The molecule has 1 unspecified atom stereocenters. The van der Waals surface area contributed by atoms with Crippen LogP contribution in [0.5, 0.6) is 0 Å². The second kappa shape index (κ2) is 7.82. The Bertz CT molecular complexity index is 231. The second-order valence-electron chi connectivity index (χ2n) is 5.36. The van der Waals surface area contributed by atoms with E-state index in [1.165, 1.54) is 12.8 Å². The van der Waals surface area contributed by atoms with E-state index in [0.29, 0.717) is 16.9 Å². The summed E-state index contributed by atoms with van der Waals surface area (Å²) in [5.41, 5.74) is 0.377. The van der Waals surface area contributed by atoms with Crippen LogP contribution in [0.3, 0.4) is 0 Å². The molecule has 4 heteroatoms. The van der Waals surface area contributed by atoms with Gasteiger partial charge in [-0.15, -0.1) is 0 Å². The summed E-state index contributed by atoms with van der Waals surface area (Å²) in [6.45, 7) is 6.66. The Morgan fingerprint density at radius 1 is 1.12 bits per heavy atom. The number of carbonyl (C=O) groups is 1. The number of carboxylic acid groups (broad SMARTS) is 1. The second-order valence-corrected chi connectivity index (χ2v) is 7.06. The van der Waals surface area contributed by atoms with Gasteiger partial charge in [0.25, 0.3) is 0 Å². The van der Waals surface area contributed by atoms with Crippen molar-refractivity contribution < 1.29 is 14.1 Å². The molecular weight excluding hydrogens is 224 g/mol. The Labute approximate surface area is 101 Å². The van der Waals surface area contributed by atoms with Gasteiger partial charge in [-0.2, -0.15) is 0 Å². The maximum Gasteiger partial charge on any atom is 0.304 e. The fourth-order valence-electron chi connectivity index (χ4n) is 1.40. The Balaban J connectivity index is 3.38. The van der Waals surface area contributed by atoms with Crippen LogP contribution in [0.2, 0.25) is 0 Å². The summed E-state index contributed by atoms with van der Waals surface area (Å²) in [7, 11) is -0.946. The van der Waals surface area contributed by atoms with Crippen molar-refractivity contribution >= 4 is 16.8 Å². The maximum atomic E-state index is 11.4. The van der Waals surface area contributed by atoms with E-state index in [9.17, 15) is 9.00 Å². The first kappa shape index (κ1) is 15.6. The SMILES string of the molecule is CC(C)(C)CCCCCS(=O)CCC(=O)O. The van der Waals surface area contributed by atoms with Gasteiger partial charge in [0.1, 0.15) is 0 Å². The highest BCUT2D eigenvalue weighted by Crippen LogP contribution is 2.21. The quantitative estimate of drug-likeness (QED) is 0.672. The molecule has 0 heterocycles. The molecule has 0 aliphatic carbocycles. The lowest BCUT2D eigenvalue weighted by atomic mass is 9.90. The highest BCUT2D eigenvalue weighted by molar-refractivity contribution is 7.84. The van der Waals surface area contributed by atoms with E-state index in [2.05, 4.69) is 20.8 Å². The van der Waals surface area contributed by atoms with Gasteiger partial charge in [-0.05, 0) is 18.3 Å². The fourth-order valence-corrected chi connectivity index (χ4v) is 2.53. The van der Waals surface area contributed by atoms with Gasteiger partial charge in [0, 0.05) is 22.3 Å². The van der Waals surface area contributed by atoms with Crippen molar-refractivity contribution in [3.05, 3.63) is 0 Å². The molecule has 0 fully saturated rings. The lowest BCUT2D eigenvalue weighted by Crippen LogP contribution is -2.08. The largest absolute Gasteiger partial charge is 0.481 e. The third-order valence-electron chi connectivity index (χ3n) is 2.34. The normalized spacial score (nSPS) is 13.7. The smallest absolute Gasteiger partial charge is 0.304 e. The Morgan fingerprint density at radius 2 is 1.75 bits per heavy atom. The Morgan fingerprint density at radius 3 is 2.25 bits per heavy atom. The van der Waals surface area contributed by atoms with Gasteiger partial charge in [-0.3, -0.25) is 9.00 Å². The summed E-state index contributed by atoms with van der Waals surface area (Å²) in [4.78, 5) is 10.3. The molecule has 0 aromatic carbocycles. The molecule has 0 rings (SSSR count). The van der Waals surface area contributed by atoms with Gasteiger partial charge in [0.15, 0.2) is 0 Å². The minimum absolute atomic E-state index is 0.0224. The van der Waals surface area contributed by atoms with Gasteiger partial charge in [-0.25, -0.2) is 0 Å². The van der Waals surface area contributed by atoms with Crippen LogP contribution in [0.25, 0.3) is 0 Å². The predicted octanol–water partition coefficient (Wildman–Crippen LogP) is 2.82. The molecular formula is C12H24O3S. The van der Waals surface area contributed by atoms with Gasteiger partial charge in [0.05, 0.1) is 6.42 Å². The number of aliphatic carboxylic acids is 1. The molecule has 3 nitrogen and oxygen atoms in total. The molecule has 16 heavy (non-hydrogen) atoms. The fraction of sp³-hybridized carbons (Fsp3) is 0.917. The van der Waals surface area contributed by atoms with Crippen LogP contribution < -0.4 is 0 Å². The maximum absolute atomic E-state index is 11.4. The zero-order valence-electron chi connectivity index (χ0n) is 10.6. The summed E-state index contributed by atoms with van der Waals surface area (Å²) in [6.07, 6.45) is 4.42. The summed E-state index contributed by atoms with van der Waals surface area (Å²) in [5.74, 6) is 0.0903. The molecule has 0 aliphatic rings. The first-order valence-electron chi connectivity index (χ1n) is 5.88.